The highest BCUT2D eigenvalue weighted by Crippen LogP contribution is 2.60. The Bertz CT molecular complexity index is 1170. The maximum atomic E-state index is 11.8. The quantitative estimate of drug-likeness (QED) is 0.648. The third-order valence-corrected chi connectivity index (χ3v) is 6.18. The molecular formula is C26H28O6. The van der Waals surface area contributed by atoms with Crippen molar-refractivity contribution in [2.45, 2.75) is 58.0 Å². The molecule has 0 amide bonds. The van der Waals surface area contributed by atoms with Crippen LogP contribution in [-0.4, -0.2) is 22.9 Å². The molecule has 0 saturated carbocycles. The van der Waals surface area contributed by atoms with Crippen molar-refractivity contribution >= 4 is 6.08 Å². The molecule has 2 N–H and O–H groups in total. The van der Waals surface area contributed by atoms with Gasteiger partial charge in [-0.15, -0.1) is 0 Å². The van der Waals surface area contributed by atoms with Crippen LogP contribution in [0.1, 0.15) is 62.5 Å². The molecule has 0 spiro atoms. The lowest BCUT2D eigenvalue weighted by Crippen LogP contribution is -2.44. The van der Waals surface area contributed by atoms with E-state index in [-0.39, 0.29) is 12.2 Å². The zero-order valence-corrected chi connectivity index (χ0v) is 19.0. The molecule has 2 aromatic rings. The lowest BCUT2D eigenvalue weighted by Gasteiger charge is -2.45. The van der Waals surface area contributed by atoms with Crippen LogP contribution in [0.4, 0.5) is 0 Å². The van der Waals surface area contributed by atoms with E-state index in [1.54, 1.807) is 25.3 Å². The summed E-state index contributed by atoms with van der Waals surface area (Å²) in [5.41, 5.74) is 3.21. The molecule has 0 fully saturated rings. The number of phenols is 1. The van der Waals surface area contributed by atoms with Crippen LogP contribution in [0.15, 0.2) is 35.9 Å². The van der Waals surface area contributed by atoms with Gasteiger partial charge in [-0.25, -0.2) is 0 Å². The molecule has 3 aliphatic rings. The predicted molar refractivity (Wildman–Crippen MR) is 120 cm³/mol. The van der Waals surface area contributed by atoms with Gasteiger partial charge in [-0.05, 0) is 58.4 Å². The summed E-state index contributed by atoms with van der Waals surface area (Å²) in [5.74, 6) is 0.428. The molecule has 0 unspecified atom stereocenters. The Morgan fingerprint density at radius 1 is 1.22 bits per heavy atom. The smallest absolute Gasteiger partial charge is 0.246 e. The number of hydrogen-bond donors (Lipinski definition) is 2. The minimum atomic E-state index is -1.67. The summed E-state index contributed by atoms with van der Waals surface area (Å²) in [5, 5.41) is 22.3. The number of rotatable bonds is 3. The highest BCUT2D eigenvalue weighted by atomic mass is 16.6. The maximum absolute atomic E-state index is 11.8. The van der Waals surface area contributed by atoms with E-state index in [0.717, 1.165) is 16.7 Å². The third-order valence-electron chi connectivity index (χ3n) is 6.18. The number of ether oxygens (including phenoxy) is 4. The lowest BCUT2D eigenvalue weighted by molar-refractivity contribution is -0.192. The van der Waals surface area contributed by atoms with Crippen molar-refractivity contribution in [1.29, 1.82) is 0 Å². The standard InChI is InChI=1S/C26H28O6/c1-14(2)9-10-15-22-16(11-12-25(3,4)32-22)23(29-5)21-24(15)30-19-13-26(21,28)31-18-8-6-7-17(27)20(18)19/h6-9,11-12,19,27-28H,10,13H2,1-5H3/t19-,26+/m1/s1. The van der Waals surface area contributed by atoms with Crippen molar-refractivity contribution in [2.24, 2.45) is 0 Å². The van der Waals surface area contributed by atoms with Gasteiger partial charge in [0.15, 0.2) is 0 Å². The first kappa shape index (κ1) is 20.8. The van der Waals surface area contributed by atoms with Crippen LogP contribution in [-0.2, 0) is 12.2 Å². The fraction of sp³-hybridized carbons (Fsp3) is 0.385. The van der Waals surface area contributed by atoms with Gasteiger partial charge in [0, 0.05) is 5.56 Å². The summed E-state index contributed by atoms with van der Waals surface area (Å²) >= 11 is 0. The molecule has 2 atom stereocenters. The molecule has 2 aromatic carbocycles. The van der Waals surface area contributed by atoms with Crippen molar-refractivity contribution < 1.29 is 29.2 Å². The molecule has 0 aliphatic carbocycles. The Morgan fingerprint density at radius 2 is 2.00 bits per heavy atom. The number of fused-ring (bicyclic) bond motifs is 7. The number of allylic oxidation sites excluding steroid dienone is 2. The van der Waals surface area contributed by atoms with E-state index in [1.165, 1.54) is 0 Å². The molecular weight excluding hydrogens is 408 g/mol. The average molecular weight is 437 g/mol. The number of methoxy groups -OCH3 is 1. The van der Waals surface area contributed by atoms with Crippen molar-refractivity contribution in [3.8, 4) is 28.7 Å². The lowest BCUT2D eigenvalue weighted by atomic mass is 9.83. The molecule has 3 aliphatic heterocycles. The fourth-order valence-electron chi connectivity index (χ4n) is 4.71. The number of hydrogen-bond acceptors (Lipinski definition) is 6. The second kappa shape index (κ2) is 6.94. The summed E-state index contributed by atoms with van der Waals surface area (Å²) < 4.78 is 24.8. The van der Waals surface area contributed by atoms with Crippen molar-refractivity contribution in [1.82, 2.24) is 0 Å². The van der Waals surface area contributed by atoms with Crippen LogP contribution in [0.3, 0.4) is 0 Å². The Labute approximate surface area is 187 Å². The zero-order chi connectivity index (χ0) is 22.8. The van der Waals surface area contributed by atoms with Gasteiger partial charge < -0.3 is 29.2 Å². The van der Waals surface area contributed by atoms with E-state index in [2.05, 4.69) is 6.08 Å². The molecule has 2 bridgehead atoms. The fourth-order valence-corrected chi connectivity index (χ4v) is 4.71. The number of aliphatic hydroxyl groups is 1. The molecule has 5 rings (SSSR count). The van der Waals surface area contributed by atoms with Crippen molar-refractivity contribution in [2.75, 3.05) is 7.11 Å². The molecule has 32 heavy (non-hydrogen) atoms. The van der Waals surface area contributed by atoms with Crippen LogP contribution in [0.5, 0.6) is 28.7 Å². The molecule has 6 heteroatoms. The summed E-state index contributed by atoms with van der Waals surface area (Å²) in [4.78, 5) is 0. The first-order valence-electron chi connectivity index (χ1n) is 10.8. The number of aromatic hydroxyl groups is 1. The van der Waals surface area contributed by atoms with Crippen LogP contribution in [0, 0.1) is 0 Å². The van der Waals surface area contributed by atoms with Crippen molar-refractivity contribution in [3.05, 3.63) is 58.2 Å². The maximum Gasteiger partial charge on any atom is 0.246 e. The van der Waals surface area contributed by atoms with E-state index in [1.807, 2.05) is 39.8 Å². The minimum Gasteiger partial charge on any atom is -0.507 e. The summed E-state index contributed by atoms with van der Waals surface area (Å²) in [6.45, 7) is 8.05. The normalized spacial score (nSPS) is 23.5. The van der Waals surface area contributed by atoms with Crippen molar-refractivity contribution in [3.63, 3.8) is 0 Å². The third kappa shape index (κ3) is 3.05. The summed E-state index contributed by atoms with van der Waals surface area (Å²) in [7, 11) is 1.57. The van der Waals surface area contributed by atoms with Crippen LogP contribution in [0.2, 0.25) is 0 Å². The van der Waals surface area contributed by atoms with Gasteiger partial charge in [0.1, 0.15) is 46.0 Å². The SMILES string of the molecule is COc1c2c(c(CC=C(C)C)c3c1[C@]1(O)C[C@@H](O3)c3c(O)cccc3O1)OC(C)(C)C=C2. The van der Waals surface area contributed by atoms with Crippen LogP contribution >= 0.6 is 0 Å². The summed E-state index contributed by atoms with van der Waals surface area (Å²) in [6, 6.07) is 5.00. The molecule has 168 valence electrons. The van der Waals surface area contributed by atoms with Gasteiger partial charge in [0.05, 0.1) is 24.7 Å². The Kier molecular flexibility index (Phi) is 4.50. The second-order valence-corrected chi connectivity index (χ2v) is 9.37. The first-order valence-corrected chi connectivity index (χ1v) is 10.8. The van der Waals surface area contributed by atoms with E-state index < -0.39 is 17.5 Å². The van der Waals surface area contributed by atoms with Gasteiger partial charge in [0.25, 0.3) is 0 Å². The highest BCUT2D eigenvalue weighted by molar-refractivity contribution is 5.76. The number of phenolic OH excluding ortho intramolecular Hbond substituents is 1. The van der Waals surface area contributed by atoms with E-state index >= 15 is 0 Å². The zero-order valence-electron chi connectivity index (χ0n) is 19.0. The van der Waals surface area contributed by atoms with Gasteiger partial charge in [-0.3, -0.25) is 0 Å². The Morgan fingerprint density at radius 3 is 2.72 bits per heavy atom. The predicted octanol–water partition coefficient (Wildman–Crippen LogP) is 5.16. The molecule has 3 heterocycles. The Hall–Kier alpha value is -3.12. The topological polar surface area (TPSA) is 77.4 Å². The van der Waals surface area contributed by atoms with Gasteiger partial charge in [-0.1, -0.05) is 17.7 Å². The molecule has 0 radical (unpaired) electrons. The first-order chi connectivity index (χ1) is 15.1. The monoisotopic (exact) mass is 436 g/mol. The van der Waals surface area contributed by atoms with E-state index in [0.29, 0.717) is 40.5 Å². The molecule has 0 aromatic heterocycles. The van der Waals surface area contributed by atoms with E-state index in [4.69, 9.17) is 18.9 Å². The molecule has 0 saturated heterocycles. The van der Waals surface area contributed by atoms with Crippen LogP contribution < -0.4 is 18.9 Å². The number of benzene rings is 2. The second-order valence-electron chi connectivity index (χ2n) is 9.37. The van der Waals surface area contributed by atoms with E-state index in [9.17, 15) is 10.2 Å². The van der Waals surface area contributed by atoms with Gasteiger partial charge in [-0.2, -0.15) is 0 Å². The Balaban J connectivity index is 1.80. The van der Waals surface area contributed by atoms with Gasteiger partial charge in [0.2, 0.25) is 5.79 Å². The minimum absolute atomic E-state index is 0.0779. The summed E-state index contributed by atoms with van der Waals surface area (Å²) in [6.07, 6.45) is 6.16. The highest BCUT2D eigenvalue weighted by Gasteiger charge is 2.52. The van der Waals surface area contributed by atoms with Gasteiger partial charge >= 0.3 is 0 Å². The molecule has 6 nitrogen and oxygen atoms in total. The largest absolute Gasteiger partial charge is 0.507 e. The van der Waals surface area contributed by atoms with Crippen LogP contribution in [0.25, 0.3) is 6.08 Å². The average Bonchev–Trinajstić information content (AvgIpc) is 2.70.